The average molecular weight is 314 g/mol. The first-order valence-electron chi connectivity index (χ1n) is 6.48. The molecule has 1 aromatic carbocycles. The number of nitrogens with one attached hydrogen (secondary N) is 1. The first kappa shape index (κ1) is 16.7. The fourth-order valence-electron chi connectivity index (χ4n) is 1.83. The number of likely N-dealkylation sites (N-methyl/N-ethyl adjacent to an activating group) is 1. The minimum atomic E-state index is -0.0172. The van der Waals surface area contributed by atoms with Gasteiger partial charge in [0.05, 0.1) is 11.6 Å². The average Bonchev–Trinajstić information content (AvgIpc) is 2.34. The first-order valence-corrected chi connectivity index (χ1v) is 7.27. The summed E-state index contributed by atoms with van der Waals surface area (Å²) in [4.78, 5) is 14.0. The number of hydrogen-bond acceptors (Lipinski definition) is 3. The van der Waals surface area contributed by atoms with Gasteiger partial charge < -0.3 is 16.0 Å². The Bertz CT molecular complexity index is 505. The third-order valence-electron chi connectivity index (χ3n) is 2.75. The molecule has 0 aromatic heterocycles. The van der Waals surface area contributed by atoms with Gasteiger partial charge in [0.15, 0.2) is 0 Å². The van der Waals surface area contributed by atoms with E-state index in [-0.39, 0.29) is 23.5 Å². The molecule has 20 heavy (non-hydrogen) atoms. The monoisotopic (exact) mass is 313 g/mol. The summed E-state index contributed by atoms with van der Waals surface area (Å²) in [5, 5.41) is 3.37. The summed E-state index contributed by atoms with van der Waals surface area (Å²) in [5.41, 5.74) is 7.10. The van der Waals surface area contributed by atoms with Gasteiger partial charge in [-0.3, -0.25) is 4.79 Å². The van der Waals surface area contributed by atoms with E-state index < -0.39 is 0 Å². The Kier molecular flexibility index (Phi) is 6.23. The molecule has 0 saturated heterocycles. The van der Waals surface area contributed by atoms with E-state index in [1.807, 2.05) is 31.7 Å². The number of anilines is 1. The molecule has 1 amide bonds. The lowest BCUT2D eigenvalue weighted by Crippen LogP contribution is -2.40. The highest BCUT2D eigenvalue weighted by Gasteiger charge is 2.13. The fraction of sp³-hybridized carbons (Fsp3) is 0.429. The molecule has 110 valence electrons. The molecule has 1 rings (SSSR count). The zero-order valence-electron chi connectivity index (χ0n) is 11.9. The largest absolute Gasteiger partial charge is 0.389 e. The van der Waals surface area contributed by atoms with Crippen LogP contribution in [0.2, 0.25) is 5.02 Å². The number of carbonyl (C=O) groups is 1. The van der Waals surface area contributed by atoms with Gasteiger partial charge in [-0.05, 0) is 39.0 Å². The van der Waals surface area contributed by atoms with Gasteiger partial charge in [0.1, 0.15) is 4.99 Å². The molecule has 0 unspecified atom stereocenters. The number of thiocarbonyl (C=S) groups is 1. The van der Waals surface area contributed by atoms with Gasteiger partial charge in [0, 0.05) is 23.8 Å². The van der Waals surface area contributed by atoms with Crippen LogP contribution in [0.3, 0.4) is 0 Å². The van der Waals surface area contributed by atoms with Crippen molar-refractivity contribution in [1.82, 2.24) is 5.32 Å². The quantitative estimate of drug-likeness (QED) is 0.791. The standard InChI is InChI=1S/C14H20ClN3OS/c1-4-18(8-13(19)17-9(2)3)10-5-6-11(14(16)20)12(15)7-10/h5-7,9H,4,8H2,1-3H3,(H2,16,20)(H,17,19). The van der Waals surface area contributed by atoms with Crippen LogP contribution in [0.25, 0.3) is 0 Å². The van der Waals surface area contributed by atoms with E-state index in [4.69, 9.17) is 29.6 Å². The van der Waals surface area contributed by atoms with Gasteiger partial charge in [-0.1, -0.05) is 23.8 Å². The van der Waals surface area contributed by atoms with Gasteiger partial charge in [0.25, 0.3) is 0 Å². The van der Waals surface area contributed by atoms with Gasteiger partial charge in [-0.25, -0.2) is 0 Å². The molecular formula is C14H20ClN3OS. The Morgan fingerprint density at radius 3 is 2.60 bits per heavy atom. The summed E-state index contributed by atoms with van der Waals surface area (Å²) in [5.74, 6) is -0.0172. The van der Waals surface area contributed by atoms with Crippen LogP contribution in [0, 0.1) is 0 Å². The molecule has 0 fully saturated rings. The predicted molar refractivity (Wildman–Crippen MR) is 88.5 cm³/mol. The van der Waals surface area contributed by atoms with Crippen LogP contribution >= 0.6 is 23.8 Å². The summed E-state index contributed by atoms with van der Waals surface area (Å²) in [6.45, 7) is 6.84. The smallest absolute Gasteiger partial charge is 0.239 e. The molecule has 0 radical (unpaired) electrons. The van der Waals surface area contributed by atoms with Gasteiger partial charge in [-0.15, -0.1) is 0 Å². The van der Waals surface area contributed by atoms with Gasteiger partial charge in [-0.2, -0.15) is 0 Å². The van der Waals surface area contributed by atoms with Crippen molar-refractivity contribution in [3.05, 3.63) is 28.8 Å². The van der Waals surface area contributed by atoms with Crippen LogP contribution in [0.5, 0.6) is 0 Å². The van der Waals surface area contributed by atoms with E-state index in [1.54, 1.807) is 12.1 Å². The van der Waals surface area contributed by atoms with Crippen molar-refractivity contribution in [3.63, 3.8) is 0 Å². The van der Waals surface area contributed by atoms with Gasteiger partial charge >= 0.3 is 0 Å². The highest BCUT2D eigenvalue weighted by molar-refractivity contribution is 7.80. The number of nitrogens with zero attached hydrogens (tertiary/aromatic N) is 1. The van der Waals surface area contributed by atoms with E-state index in [1.165, 1.54) is 0 Å². The summed E-state index contributed by atoms with van der Waals surface area (Å²) >= 11 is 11.1. The van der Waals surface area contributed by atoms with Crippen LogP contribution in [0.15, 0.2) is 18.2 Å². The third-order valence-corrected chi connectivity index (χ3v) is 3.28. The Labute approximate surface area is 130 Å². The van der Waals surface area contributed by atoms with E-state index in [2.05, 4.69) is 5.32 Å². The minimum absolute atomic E-state index is 0.0172. The maximum atomic E-state index is 11.8. The summed E-state index contributed by atoms with van der Waals surface area (Å²) in [6.07, 6.45) is 0. The van der Waals surface area contributed by atoms with E-state index in [9.17, 15) is 4.79 Å². The number of carbonyl (C=O) groups excluding carboxylic acids is 1. The van der Waals surface area contributed by atoms with E-state index in [0.29, 0.717) is 17.1 Å². The third kappa shape index (κ3) is 4.65. The van der Waals surface area contributed by atoms with E-state index in [0.717, 1.165) is 5.69 Å². The van der Waals surface area contributed by atoms with Crippen molar-refractivity contribution in [2.75, 3.05) is 18.0 Å². The Balaban J connectivity index is 2.88. The van der Waals surface area contributed by atoms with Crippen molar-refractivity contribution < 1.29 is 4.79 Å². The maximum Gasteiger partial charge on any atom is 0.239 e. The molecule has 0 atom stereocenters. The van der Waals surface area contributed by atoms with Crippen LogP contribution < -0.4 is 16.0 Å². The van der Waals surface area contributed by atoms with Gasteiger partial charge in [0.2, 0.25) is 5.91 Å². The number of rotatable bonds is 6. The number of benzene rings is 1. The molecule has 0 aliphatic rings. The zero-order valence-corrected chi connectivity index (χ0v) is 13.5. The number of hydrogen-bond donors (Lipinski definition) is 2. The highest BCUT2D eigenvalue weighted by atomic mass is 35.5. The Hall–Kier alpha value is -1.33. The molecule has 4 nitrogen and oxygen atoms in total. The number of halogens is 1. The fourth-order valence-corrected chi connectivity index (χ4v) is 2.34. The Morgan fingerprint density at radius 1 is 1.50 bits per heavy atom. The second-order valence-electron chi connectivity index (χ2n) is 4.76. The second kappa shape index (κ2) is 7.45. The lowest BCUT2D eigenvalue weighted by molar-refractivity contribution is -0.120. The summed E-state index contributed by atoms with van der Waals surface area (Å²) in [6, 6.07) is 5.55. The van der Waals surface area contributed by atoms with Crippen molar-refractivity contribution in [3.8, 4) is 0 Å². The summed E-state index contributed by atoms with van der Waals surface area (Å²) < 4.78 is 0. The summed E-state index contributed by atoms with van der Waals surface area (Å²) in [7, 11) is 0. The predicted octanol–water partition coefficient (Wildman–Crippen LogP) is 2.33. The van der Waals surface area contributed by atoms with Crippen molar-refractivity contribution in [1.29, 1.82) is 0 Å². The molecule has 0 saturated carbocycles. The maximum absolute atomic E-state index is 11.8. The Morgan fingerprint density at radius 2 is 2.15 bits per heavy atom. The van der Waals surface area contributed by atoms with Crippen molar-refractivity contribution in [2.45, 2.75) is 26.8 Å². The second-order valence-corrected chi connectivity index (χ2v) is 5.61. The topological polar surface area (TPSA) is 58.4 Å². The molecule has 0 aliphatic heterocycles. The van der Waals surface area contributed by atoms with Crippen LogP contribution in [0.4, 0.5) is 5.69 Å². The molecule has 0 bridgehead atoms. The molecular weight excluding hydrogens is 294 g/mol. The normalized spacial score (nSPS) is 10.4. The van der Waals surface area contributed by atoms with Crippen LogP contribution in [0.1, 0.15) is 26.3 Å². The molecule has 0 heterocycles. The minimum Gasteiger partial charge on any atom is -0.389 e. The molecule has 0 spiro atoms. The number of amides is 1. The highest BCUT2D eigenvalue weighted by Crippen LogP contribution is 2.23. The number of nitrogens with two attached hydrogens (primary N) is 1. The van der Waals surface area contributed by atoms with E-state index >= 15 is 0 Å². The van der Waals surface area contributed by atoms with Crippen molar-refractivity contribution >= 4 is 40.4 Å². The van der Waals surface area contributed by atoms with Crippen LogP contribution in [-0.2, 0) is 4.79 Å². The lowest BCUT2D eigenvalue weighted by atomic mass is 10.2. The molecule has 3 N–H and O–H groups in total. The first-order chi connectivity index (χ1) is 9.35. The molecule has 1 aromatic rings. The zero-order chi connectivity index (χ0) is 15.3. The van der Waals surface area contributed by atoms with Crippen LogP contribution in [-0.4, -0.2) is 30.0 Å². The van der Waals surface area contributed by atoms with Crippen molar-refractivity contribution in [2.24, 2.45) is 5.73 Å². The lowest BCUT2D eigenvalue weighted by Gasteiger charge is -2.23. The molecule has 0 aliphatic carbocycles. The SMILES string of the molecule is CCN(CC(=O)NC(C)C)c1ccc(C(N)=S)c(Cl)c1. The molecule has 6 heteroatoms.